The Labute approximate surface area is 174 Å². The lowest BCUT2D eigenvalue weighted by atomic mass is 10.2. The van der Waals surface area contributed by atoms with Crippen LogP contribution in [0.1, 0.15) is 11.3 Å². The highest BCUT2D eigenvalue weighted by molar-refractivity contribution is 14.1. The zero-order valence-electron chi connectivity index (χ0n) is 14.6. The highest BCUT2D eigenvalue weighted by atomic mass is 127. The van der Waals surface area contributed by atoms with E-state index >= 15 is 0 Å². The van der Waals surface area contributed by atoms with Crippen LogP contribution < -0.4 is 5.69 Å². The van der Waals surface area contributed by atoms with E-state index in [1.165, 1.54) is 21.4 Å². The average molecular weight is 522 g/mol. The van der Waals surface area contributed by atoms with Crippen molar-refractivity contribution in [2.24, 2.45) is 7.05 Å². The number of aryl methyl sites for hydroxylation is 1. The number of rotatable bonds is 3. The SMILES string of the molecule is Cn1c(=O)n(CC(=O)N2CCC2)c2c(I)c(-c3ccc(C(F)(F)F)s3)cnc21. The Morgan fingerprint density at radius 2 is 2.04 bits per heavy atom. The normalized spacial score (nSPS) is 14.5. The number of hydrogen-bond donors (Lipinski definition) is 0. The van der Waals surface area contributed by atoms with E-state index in [9.17, 15) is 22.8 Å². The highest BCUT2D eigenvalue weighted by Gasteiger charge is 2.33. The second-order valence-corrected chi connectivity index (χ2v) is 8.64. The van der Waals surface area contributed by atoms with Crippen LogP contribution in [0.3, 0.4) is 0 Å². The van der Waals surface area contributed by atoms with Gasteiger partial charge in [0, 0.05) is 36.8 Å². The predicted octanol–water partition coefficient (Wildman–Crippen LogP) is 3.32. The van der Waals surface area contributed by atoms with Crippen molar-refractivity contribution in [1.82, 2.24) is 19.0 Å². The van der Waals surface area contributed by atoms with Gasteiger partial charge in [0.25, 0.3) is 0 Å². The maximum absolute atomic E-state index is 13.0. The number of likely N-dealkylation sites (tertiary alicyclic amines) is 1. The average Bonchev–Trinajstić information content (AvgIpc) is 3.14. The molecule has 1 saturated heterocycles. The Bertz CT molecular complexity index is 1140. The summed E-state index contributed by atoms with van der Waals surface area (Å²) in [6.45, 7) is 1.23. The van der Waals surface area contributed by atoms with Gasteiger partial charge in [0.05, 0.1) is 3.57 Å². The van der Waals surface area contributed by atoms with E-state index in [1.54, 1.807) is 11.9 Å². The molecule has 28 heavy (non-hydrogen) atoms. The summed E-state index contributed by atoms with van der Waals surface area (Å²) >= 11 is 2.63. The maximum atomic E-state index is 13.0. The first-order valence-corrected chi connectivity index (χ1v) is 10.3. The molecule has 0 spiro atoms. The summed E-state index contributed by atoms with van der Waals surface area (Å²) in [5, 5.41) is 0. The Morgan fingerprint density at radius 1 is 1.32 bits per heavy atom. The molecule has 0 saturated carbocycles. The van der Waals surface area contributed by atoms with E-state index in [0.29, 0.717) is 49.6 Å². The Balaban J connectivity index is 1.83. The molecular weight excluding hydrogens is 508 g/mol. The zero-order chi connectivity index (χ0) is 20.2. The lowest BCUT2D eigenvalue weighted by Crippen LogP contribution is -2.44. The number of halogens is 4. The summed E-state index contributed by atoms with van der Waals surface area (Å²) in [6.07, 6.45) is -2.00. The number of aromatic nitrogens is 3. The van der Waals surface area contributed by atoms with Crippen molar-refractivity contribution < 1.29 is 18.0 Å². The van der Waals surface area contributed by atoms with Crippen LogP contribution in [0.4, 0.5) is 13.2 Å². The predicted molar refractivity (Wildman–Crippen MR) is 107 cm³/mol. The summed E-state index contributed by atoms with van der Waals surface area (Å²) in [6, 6.07) is 2.43. The molecule has 0 unspecified atom stereocenters. The van der Waals surface area contributed by atoms with E-state index in [-0.39, 0.29) is 18.1 Å². The third-order valence-electron chi connectivity index (χ3n) is 4.73. The molecule has 4 heterocycles. The summed E-state index contributed by atoms with van der Waals surface area (Å²) < 4.78 is 42.1. The third-order valence-corrected chi connectivity index (χ3v) is 6.99. The molecule has 1 amide bonds. The molecule has 0 atom stereocenters. The number of amides is 1. The second kappa shape index (κ2) is 6.87. The van der Waals surface area contributed by atoms with Crippen molar-refractivity contribution in [3.8, 4) is 10.4 Å². The first-order valence-electron chi connectivity index (χ1n) is 8.37. The van der Waals surface area contributed by atoms with Gasteiger partial charge in [0.15, 0.2) is 5.65 Å². The molecule has 3 aromatic rings. The Morgan fingerprint density at radius 3 is 2.61 bits per heavy atom. The van der Waals surface area contributed by atoms with Gasteiger partial charge >= 0.3 is 11.9 Å². The largest absolute Gasteiger partial charge is 0.425 e. The van der Waals surface area contributed by atoms with E-state index in [1.807, 2.05) is 22.6 Å². The van der Waals surface area contributed by atoms with Gasteiger partial charge in [-0.05, 0) is 41.1 Å². The first kappa shape index (κ1) is 19.4. The van der Waals surface area contributed by atoms with Gasteiger partial charge in [-0.3, -0.25) is 13.9 Å². The summed E-state index contributed by atoms with van der Waals surface area (Å²) in [4.78, 5) is 30.7. The monoisotopic (exact) mass is 522 g/mol. The molecule has 4 rings (SSSR count). The van der Waals surface area contributed by atoms with Crippen LogP contribution >= 0.6 is 33.9 Å². The lowest BCUT2D eigenvalue weighted by molar-refractivity contribution is -0.135. The number of alkyl halides is 3. The zero-order valence-corrected chi connectivity index (χ0v) is 17.6. The molecule has 0 bridgehead atoms. The van der Waals surface area contributed by atoms with Crippen molar-refractivity contribution in [1.29, 1.82) is 0 Å². The van der Waals surface area contributed by atoms with Crippen LogP contribution in [0, 0.1) is 3.57 Å². The minimum atomic E-state index is -4.41. The lowest BCUT2D eigenvalue weighted by Gasteiger charge is -2.30. The molecule has 0 radical (unpaired) electrons. The molecule has 0 aromatic carbocycles. The number of carbonyl (C=O) groups is 1. The van der Waals surface area contributed by atoms with Gasteiger partial charge in [0.1, 0.15) is 16.9 Å². The van der Waals surface area contributed by atoms with E-state index < -0.39 is 11.1 Å². The summed E-state index contributed by atoms with van der Waals surface area (Å²) in [5.74, 6) is -0.155. The molecule has 1 aliphatic rings. The quantitative estimate of drug-likeness (QED) is 0.497. The van der Waals surface area contributed by atoms with Gasteiger partial charge in [-0.15, -0.1) is 11.3 Å². The number of fused-ring (bicyclic) bond motifs is 1. The molecule has 3 aromatic heterocycles. The molecular formula is C17H14F3IN4O2S. The number of carbonyl (C=O) groups excluding carboxylic acids is 1. The van der Waals surface area contributed by atoms with Gasteiger partial charge in [-0.25, -0.2) is 9.78 Å². The minimum absolute atomic E-state index is 0.116. The minimum Gasteiger partial charge on any atom is -0.341 e. The fourth-order valence-corrected chi connectivity index (χ4v) is 5.11. The van der Waals surface area contributed by atoms with Gasteiger partial charge in [0.2, 0.25) is 5.91 Å². The second-order valence-electron chi connectivity index (χ2n) is 6.48. The number of thiophene rings is 1. The van der Waals surface area contributed by atoms with Crippen molar-refractivity contribution in [2.45, 2.75) is 19.1 Å². The Hall–Kier alpha value is -1.89. The van der Waals surface area contributed by atoms with Crippen LogP contribution in [0.5, 0.6) is 0 Å². The molecule has 0 N–H and O–H groups in total. The van der Waals surface area contributed by atoms with Gasteiger partial charge < -0.3 is 4.90 Å². The Kier molecular flexibility index (Phi) is 4.76. The van der Waals surface area contributed by atoms with E-state index in [2.05, 4.69) is 4.98 Å². The molecule has 11 heteroatoms. The fraction of sp³-hybridized carbons (Fsp3) is 0.353. The van der Waals surface area contributed by atoms with Crippen molar-refractivity contribution >= 4 is 51.0 Å². The maximum Gasteiger partial charge on any atom is 0.425 e. The van der Waals surface area contributed by atoms with Crippen LogP contribution in [-0.4, -0.2) is 38.0 Å². The highest BCUT2D eigenvalue weighted by Crippen LogP contribution is 2.40. The van der Waals surface area contributed by atoms with Gasteiger partial charge in [-0.1, -0.05) is 0 Å². The van der Waals surface area contributed by atoms with Crippen LogP contribution in [0.15, 0.2) is 23.1 Å². The van der Waals surface area contributed by atoms with Crippen molar-refractivity contribution in [2.75, 3.05) is 13.1 Å². The van der Waals surface area contributed by atoms with Crippen LogP contribution in [0.25, 0.3) is 21.6 Å². The van der Waals surface area contributed by atoms with Crippen molar-refractivity contribution in [3.63, 3.8) is 0 Å². The fourth-order valence-electron chi connectivity index (χ4n) is 3.08. The van der Waals surface area contributed by atoms with Crippen molar-refractivity contribution in [3.05, 3.63) is 37.3 Å². The summed E-state index contributed by atoms with van der Waals surface area (Å²) in [7, 11) is 1.56. The number of imidazole rings is 1. The van der Waals surface area contributed by atoms with Crippen LogP contribution in [0.2, 0.25) is 0 Å². The molecule has 1 fully saturated rings. The molecule has 1 aliphatic heterocycles. The van der Waals surface area contributed by atoms with Gasteiger partial charge in [-0.2, -0.15) is 13.2 Å². The molecule has 0 aliphatic carbocycles. The van der Waals surface area contributed by atoms with E-state index in [4.69, 9.17) is 0 Å². The van der Waals surface area contributed by atoms with E-state index in [0.717, 1.165) is 12.5 Å². The number of hydrogen-bond acceptors (Lipinski definition) is 4. The molecule has 148 valence electrons. The smallest absolute Gasteiger partial charge is 0.341 e. The number of pyridine rings is 1. The summed E-state index contributed by atoms with van der Waals surface area (Å²) in [5.41, 5.74) is 0.974. The molecule has 6 nitrogen and oxygen atoms in total. The van der Waals surface area contributed by atoms with Crippen LogP contribution in [-0.2, 0) is 24.6 Å². The first-order chi connectivity index (χ1) is 13.2. The number of nitrogens with zero attached hydrogens (tertiary/aromatic N) is 4. The third kappa shape index (κ3) is 3.13. The topological polar surface area (TPSA) is 60.1 Å². The standard InChI is InChI=1S/C17H14F3IN4O2S/c1-23-15-14(25(16(23)27)8-12(26)24-5-2-6-24)13(21)9(7-22-15)10-3-4-11(28-10)17(18,19)20/h3-4,7H,2,5-6,8H2,1H3.